The molecule has 0 radical (unpaired) electrons. The van der Waals surface area contributed by atoms with Crippen LogP contribution in [0.15, 0.2) is 122 Å². The second-order valence-corrected chi connectivity index (χ2v) is 9.04. The molecule has 1 N–H and O–H groups in total. The molecule has 40 heavy (non-hydrogen) atoms. The normalized spacial score (nSPS) is 12.3. The largest absolute Gasteiger partial charge is 0.463 e. The van der Waals surface area contributed by atoms with Crippen LogP contribution in [0.4, 0.5) is 5.69 Å². The van der Waals surface area contributed by atoms with Gasteiger partial charge in [-0.1, -0.05) is 78.9 Å². The fourth-order valence-electron chi connectivity index (χ4n) is 4.33. The average Bonchev–Trinajstić information content (AvgIpc) is 3.00. The Labute approximate surface area is 234 Å². The van der Waals surface area contributed by atoms with Crippen LogP contribution in [-0.4, -0.2) is 29.4 Å². The summed E-state index contributed by atoms with van der Waals surface area (Å²) >= 11 is 0. The molecule has 0 bridgehead atoms. The Bertz CT molecular complexity index is 1440. The van der Waals surface area contributed by atoms with Gasteiger partial charge in [0.25, 0.3) is 5.91 Å². The van der Waals surface area contributed by atoms with E-state index < -0.39 is 23.8 Å². The first kappa shape index (κ1) is 28.0. The molecular formula is C33H31N3O4. The zero-order valence-corrected chi connectivity index (χ0v) is 22.4. The molecule has 4 aromatic rings. The number of carbonyl (C=O) groups is 3. The molecule has 2 amide bonds. The highest BCUT2D eigenvalue weighted by Crippen LogP contribution is 2.31. The number of benzene rings is 3. The second kappa shape index (κ2) is 13.7. The topological polar surface area (TPSA) is 88.6 Å². The minimum atomic E-state index is -1.07. The lowest BCUT2D eigenvalue weighted by molar-refractivity contribution is -0.137. The first-order chi connectivity index (χ1) is 19.5. The van der Waals surface area contributed by atoms with Gasteiger partial charge in [-0.3, -0.25) is 19.5 Å². The molecule has 7 heteroatoms. The molecule has 4 rings (SSSR count). The smallest absolute Gasteiger partial charge is 0.330 e. The van der Waals surface area contributed by atoms with E-state index in [1.807, 2.05) is 79.7 Å². The van der Waals surface area contributed by atoms with Gasteiger partial charge in [-0.15, -0.1) is 0 Å². The SMILES string of the molecule is CCOC(=O)/C=C/C(=O)N(c1ccc(-c2ccccc2)cc1)C(C(=O)N[C@@H](C)c1ccccc1)c1cccnc1. The van der Waals surface area contributed by atoms with E-state index in [0.29, 0.717) is 11.3 Å². The van der Waals surface area contributed by atoms with Crippen LogP contribution < -0.4 is 10.2 Å². The number of hydrogen-bond donors (Lipinski definition) is 1. The summed E-state index contributed by atoms with van der Waals surface area (Å²) in [5.41, 5.74) is 3.90. The maximum absolute atomic E-state index is 13.9. The maximum atomic E-state index is 13.9. The van der Waals surface area contributed by atoms with Gasteiger partial charge in [-0.05, 0) is 48.7 Å². The number of rotatable bonds is 10. The summed E-state index contributed by atoms with van der Waals surface area (Å²) in [6, 6.07) is 28.9. The molecule has 0 aliphatic rings. The zero-order chi connectivity index (χ0) is 28.3. The van der Waals surface area contributed by atoms with E-state index >= 15 is 0 Å². The van der Waals surface area contributed by atoms with E-state index in [2.05, 4.69) is 10.3 Å². The summed E-state index contributed by atoms with van der Waals surface area (Å²) in [6.07, 6.45) is 5.36. The van der Waals surface area contributed by atoms with Gasteiger partial charge in [0.2, 0.25) is 5.91 Å². The molecule has 1 aromatic heterocycles. The number of ether oxygens (including phenoxy) is 1. The molecule has 0 aliphatic heterocycles. The summed E-state index contributed by atoms with van der Waals surface area (Å²) in [6.45, 7) is 3.75. The van der Waals surface area contributed by atoms with Crippen molar-refractivity contribution in [2.24, 2.45) is 0 Å². The molecule has 0 fully saturated rings. The quantitative estimate of drug-likeness (QED) is 0.205. The van der Waals surface area contributed by atoms with Gasteiger partial charge in [0.05, 0.1) is 12.6 Å². The van der Waals surface area contributed by atoms with E-state index in [1.165, 1.54) is 4.90 Å². The Morgan fingerprint density at radius 3 is 2.08 bits per heavy atom. The Hall–Kier alpha value is -5.04. The van der Waals surface area contributed by atoms with Gasteiger partial charge in [-0.25, -0.2) is 4.79 Å². The number of anilines is 1. The van der Waals surface area contributed by atoms with E-state index in [1.54, 1.807) is 43.6 Å². The second-order valence-electron chi connectivity index (χ2n) is 9.04. The van der Waals surface area contributed by atoms with E-state index in [-0.39, 0.29) is 12.6 Å². The fourth-order valence-corrected chi connectivity index (χ4v) is 4.33. The predicted molar refractivity (Wildman–Crippen MR) is 155 cm³/mol. The van der Waals surface area contributed by atoms with Crippen molar-refractivity contribution in [1.82, 2.24) is 10.3 Å². The third-order valence-electron chi connectivity index (χ3n) is 6.30. The van der Waals surface area contributed by atoms with Crippen molar-refractivity contribution in [2.45, 2.75) is 25.9 Å². The molecular weight excluding hydrogens is 502 g/mol. The molecule has 0 saturated heterocycles. The monoisotopic (exact) mass is 533 g/mol. The van der Waals surface area contributed by atoms with Crippen LogP contribution in [0.1, 0.15) is 37.1 Å². The van der Waals surface area contributed by atoms with Crippen LogP contribution in [0.3, 0.4) is 0 Å². The lowest BCUT2D eigenvalue weighted by atomic mass is 10.0. The van der Waals surface area contributed by atoms with Crippen LogP contribution in [0.25, 0.3) is 11.1 Å². The Morgan fingerprint density at radius 1 is 0.825 bits per heavy atom. The maximum Gasteiger partial charge on any atom is 0.330 e. The highest BCUT2D eigenvalue weighted by molar-refractivity contribution is 6.08. The summed E-state index contributed by atoms with van der Waals surface area (Å²) in [5.74, 6) is -1.60. The Balaban J connectivity index is 1.75. The summed E-state index contributed by atoms with van der Waals surface area (Å²) in [5, 5.41) is 3.05. The highest BCUT2D eigenvalue weighted by atomic mass is 16.5. The average molecular weight is 534 g/mol. The third kappa shape index (κ3) is 7.08. The van der Waals surface area contributed by atoms with Crippen LogP contribution in [-0.2, 0) is 19.1 Å². The summed E-state index contributed by atoms with van der Waals surface area (Å²) in [7, 11) is 0. The van der Waals surface area contributed by atoms with Gasteiger partial charge in [-0.2, -0.15) is 0 Å². The molecule has 0 spiro atoms. The van der Waals surface area contributed by atoms with Crippen LogP contribution in [0.2, 0.25) is 0 Å². The highest BCUT2D eigenvalue weighted by Gasteiger charge is 2.33. The molecule has 3 aromatic carbocycles. The van der Waals surface area contributed by atoms with Crippen molar-refractivity contribution in [3.63, 3.8) is 0 Å². The molecule has 1 heterocycles. The standard InChI is InChI=1S/C33H31N3O4/c1-3-40-31(38)21-20-30(37)36(29-18-16-27(17-19-29)26-13-8-5-9-14-26)32(28-15-10-22-34-23-28)33(39)35-24(2)25-11-6-4-7-12-25/h4-24,32H,3H2,1-2H3,(H,35,39)/b21-20+/t24-,32?/m0/s1. The van der Waals surface area contributed by atoms with E-state index in [4.69, 9.17) is 4.74 Å². The van der Waals surface area contributed by atoms with Gasteiger partial charge >= 0.3 is 5.97 Å². The van der Waals surface area contributed by atoms with Crippen molar-refractivity contribution in [1.29, 1.82) is 0 Å². The number of aromatic nitrogens is 1. The van der Waals surface area contributed by atoms with E-state index in [9.17, 15) is 14.4 Å². The number of nitrogens with one attached hydrogen (secondary N) is 1. The van der Waals surface area contributed by atoms with Gasteiger partial charge < -0.3 is 10.1 Å². The number of hydrogen-bond acceptors (Lipinski definition) is 5. The minimum Gasteiger partial charge on any atom is -0.463 e. The van der Waals surface area contributed by atoms with Crippen molar-refractivity contribution < 1.29 is 19.1 Å². The predicted octanol–water partition coefficient (Wildman–Crippen LogP) is 5.82. The van der Waals surface area contributed by atoms with Crippen LogP contribution in [0.5, 0.6) is 0 Å². The van der Waals surface area contributed by atoms with Gasteiger partial charge in [0.1, 0.15) is 6.04 Å². The Kier molecular flexibility index (Phi) is 9.56. The fraction of sp³-hybridized carbons (Fsp3) is 0.152. The lowest BCUT2D eigenvalue weighted by Crippen LogP contribution is -2.44. The molecule has 7 nitrogen and oxygen atoms in total. The molecule has 0 aliphatic carbocycles. The first-order valence-corrected chi connectivity index (χ1v) is 13.1. The van der Waals surface area contributed by atoms with E-state index in [0.717, 1.165) is 28.8 Å². The van der Waals surface area contributed by atoms with Crippen LogP contribution >= 0.6 is 0 Å². The number of pyridine rings is 1. The summed E-state index contributed by atoms with van der Waals surface area (Å²) < 4.78 is 4.95. The number of esters is 1. The number of amides is 2. The molecule has 2 atom stereocenters. The van der Waals surface area contributed by atoms with Crippen molar-refractivity contribution in [3.8, 4) is 11.1 Å². The van der Waals surface area contributed by atoms with Crippen molar-refractivity contribution in [2.75, 3.05) is 11.5 Å². The zero-order valence-electron chi connectivity index (χ0n) is 22.4. The van der Waals surface area contributed by atoms with Crippen LogP contribution in [0, 0.1) is 0 Å². The molecule has 202 valence electrons. The van der Waals surface area contributed by atoms with Crippen molar-refractivity contribution >= 4 is 23.5 Å². The van der Waals surface area contributed by atoms with Gasteiger partial charge in [0.15, 0.2) is 0 Å². The van der Waals surface area contributed by atoms with Crippen molar-refractivity contribution in [3.05, 3.63) is 133 Å². The van der Waals surface area contributed by atoms with Gasteiger partial charge in [0, 0.05) is 35.8 Å². The lowest BCUT2D eigenvalue weighted by Gasteiger charge is -2.31. The molecule has 0 saturated carbocycles. The number of carbonyl (C=O) groups excluding carboxylic acids is 3. The summed E-state index contributed by atoms with van der Waals surface area (Å²) in [4.78, 5) is 45.2. The Morgan fingerprint density at radius 2 is 1.45 bits per heavy atom. The minimum absolute atomic E-state index is 0.181. The first-order valence-electron chi connectivity index (χ1n) is 13.1. The molecule has 1 unspecified atom stereocenters. The third-order valence-corrected chi connectivity index (χ3v) is 6.30. The number of nitrogens with zero attached hydrogens (tertiary/aromatic N) is 2.